The van der Waals surface area contributed by atoms with Gasteiger partial charge in [0.25, 0.3) is 0 Å². The number of carbonyl (C=O) groups is 2. The number of esters is 1. The normalized spacial score (nSPS) is 16.2. The summed E-state index contributed by atoms with van der Waals surface area (Å²) in [5.41, 5.74) is 1.09. The minimum atomic E-state index is -0.727. The Hall–Kier alpha value is -2.33. The number of urea groups is 1. The molecule has 10 heteroatoms. The first-order chi connectivity index (χ1) is 14.5. The number of aryl methyl sites for hydroxylation is 1. The maximum atomic E-state index is 12.6. The molecule has 1 aliphatic heterocycles. The number of likely N-dealkylation sites (N-methyl/N-ethyl adjacent to an activating group) is 1. The Labute approximate surface area is 184 Å². The van der Waals surface area contributed by atoms with Gasteiger partial charge in [-0.1, -0.05) is 55.1 Å². The molecule has 1 aliphatic rings. The molecule has 0 radical (unpaired) electrons. The summed E-state index contributed by atoms with van der Waals surface area (Å²) in [6.07, 6.45) is 1.24. The number of ether oxygens (including phenoxy) is 2. The van der Waals surface area contributed by atoms with Crippen molar-refractivity contribution < 1.29 is 19.1 Å². The highest BCUT2D eigenvalue weighted by molar-refractivity contribution is 8.01. The Kier molecular flexibility index (Phi) is 7.92. The highest BCUT2D eigenvalue weighted by Crippen LogP contribution is 2.32. The number of hydrogen-bond donors (Lipinski definition) is 0. The highest BCUT2D eigenvalue weighted by Gasteiger charge is 2.40. The first kappa shape index (κ1) is 22.4. The summed E-state index contributed by atoms with van der Waals surface area (Å²) in [4.78, 5) is 27.9. The summed E-state index contributed by atoms with van der Waals surface area (Å²) in [6.45, 7) is 4.64. The fourth-order valence-electron chi connectivity index (χ4n) is 2.94. The lowest BCUT2D eigenvalue weighted by molar-refractivity contribution is -0.148. The predicted octanol–water partition coefficient (Wildman–Crippen LogP) is 3.81. The summed E-state index contributed by atoms with van der Waals surface area (Å²) >= 11 is 2.93. The zero-order chi connectivity index (χ0) is 21.5. The van der Waals surface area contributed by atoms with Gasteiger partial charge in [-0.2, -0.15) is 0 Å². The van der Waals surface area contributed by atoms with Gasteiger partial charge in [0.05, 0.1) is 19.6 Å². The van der Waals surface area contributed by atoms with Gasteiger partial charge in [-0.25, -0.2) is 9.69 Å². The van der Waals surface area contributed by atoms with Crippen molar-refractivity contribution in [3.63, 3.8) is 0 Å². The third-order valence-corrected chi connectivity index (χ3v) is 6.73. The monoisotopic (exact) mass is 450 g/mol. The first-order valence-corrected chi connectivity index (χ1v) is 11.7. The number of amides is 2. The molecule has 1 atom stereocenters. The van der Waals surface area contributed by atoms with Crippen LogP contribution in [0.5, 0.6) is 5.75 Å². The van der Waals surface area contributed by atoms with Crippen molar-refractivity contribution in [2.75, 3.05) is 30.9 Å². The van der Waals surface area contributed by atoms with E-state index in [-0.39, 0.29) is 25.6 Å². The average Bonchev–Trinajstić information content (AvgIpc) is 3.30. The van der Waals surface area contributed by atoms with Crippen LogP contribution in [0.15, 0.2) is 28.6 Å². The average molecular weight is 451 g/mol. The van der Waals surface area contributed by atoms with Crippen LogP contribution in [-0.2, 0) is 16.0 Å². The fraction of sp³-hybridized carbons (Fsp3) is 0.500. The molecule has 30 heavy (non-hydrogen) atoms. The molecule has 0 saturated carbocycles. The van der Waals surface area contributed by atoms with Gasteiger partial charge in [0, 0.05) is 12.8 Å². The maximum Gasteiger partial charge on any atom is 0.329 e. The van der Waals surface area contributed by atoms with Crippen LogP contribution in [0, 0.1) is 0 Å². The lowest BCUT2D eigenvalue weighted by Gasteiger charge is -2.20. The van der Waals surface area contributed by atoms with Crippen LogP contribution in [0.3, 0.4) is 0 Å². The zero-order valence-electron chi connectivity index (χ0n) is 17.4. The number of benzene rings is 1. The zero-order valence-corrected chi connectivity index (χ0v) is 19.0. The van der Waals surface area contributed by atoms with E-state index in [1.165, 1.54) is 21.1 Å². The van der Waals surface area contributed by atoms with Crippen molar-refractivity contribution in [2.24, 2.45) is 0 Å². The molecule has 1 fully saturated rings. The third-order valence-electron chi connectivity index (χ3n) is 4.47. The standard InChI is InChI=1S/C20H26N4O4S2/c1-4-12-29-19-22-21-18(30-19)24-16(13-23(3)20(24)26)28-17(25)10-11-27-15-9-7-6-8-14(15)5-2/h6-9,16H,4-5,10-13H2,1-3H3. The van der Waals surface area contributed by atoms with E-state index in [0.717, 1.165) is 34.2 Å². The van der Waals surface area contributed by atoms with Gasteiger partial charge in [-0.15, -0.1) is 10.2 Å². The van der Waals surface area contributed by atoms with E-state index in [9.17, 15) is 9.59 Å². The van der Waals surface area contributed by atoms with Gasteiger partial charge in [0.1, 0.15) is 5.75 Å². The summed E-state index contributed by atoms with van der Waals surface area (Å²) in [7, 11) is 1.67. The summed E-state index contributed by atoms with van der Waals surface area (Å²) < 4.78 is 12.1. The van der Waals surface area contributed by atoms with Crippen molar-refractivity contribution in [3.8, 4) is 5.75 Å². The van der Waals surface area contributed by atoms with E-state index in [0.29, 0.717) is 5.13 Å². The molecular weight excluding hydrogens is 424 g/mol. The minimum absolute atomic E-state index is 0.0913. The number of aromatic nitrogens is 2. The number of para-hydroxylation sites is 1. The topological polar surface area (TPSA) is 84.9 Å². The molecule has 0 aliphatic carbocycles. The number of nitrogens with zero attached hydrogens (tertiary/aromatic N) is 4. The molecule has 0 N–H and O–H groups in total. The van der Waals surface area contributed by atoms with Crippen LogP contribution in [0.25, 0.3) is 0 Å². The number of thioether (sulfide) groups is 1. The van der Waals surface area contributed by atoms with Crippen molar-refractivity contribution in [3.05, 3.63) is 29.8 Å². The van der Waals surface area contributed by atoms with Gasteiger partial charge in [0.2, 0.25) is 11.4 Å². The van der Waals surface area contributed by atoms with Crippen LogP contribution < -0.4 is 9.64 Å². The molecule has 2 aromatic rings. The largest absolute Gasteiger partial charge is 0.493 e. The molecule has 1 saturated heterocycles. The second-order valence-corrected chi connectivity index (χ2v) is 9.03. The molecule has 1 unspecified atom stereocenters. The first-order valence-electron chi connectivity index (χ1n) is 9.94. The van der Waals surface area contributed by atoms with Crippen LogP contribution in [0.4, 0.5) is 9.93 Å². The van der Waals surface area contributed by atoms with E-state index >= 15 is 0 Å². The van der Waals surface area contributed by atoms with E-state index < -0.39 is 12.2 Å². The molecule has 3 rings (SSSR count). The minimum Gasteiger partial charge on any atom is -0.493 e. The summed E-state index contributed by atoms with van der Waals surface area (Å²) in [5, 5.41) is 8.69. The van der Waals surface area contributed by atoms with Crippen molar-refractivity contribution in [1.29, 1.82) is 0 Å². The van der Waals surface area contributed by atoms with Crippen molar-refractivity contribution in [1.82, 2.24) is 15.1 Å². The van der Waals surface area contributed by atoms with E-state index in [2.05, 4.69) is 24.0 Å². The molecule has 2 heterocycles. The molecular formula is C20H26N4O4S2. The number of rotatable bonds is 10. The van der Waals surface area contributed by atoms with Gasteiger partial charge < -0.3 is 14.4 Å². The Bertz CT molecular complexity index is 876. The van der Waals surface area contributed by atoms with Crippen molar-refractivity contribution in [2.45, 2.75) is 43.7 Å². The Balaban J connectivity index is 1.57. The van der Waals surface area contributed by atoms with Gasteiger partial charge >= 0.3 is 12.0 Å². The molecule has 2 amide bonds. The van der Waals surface area contributed by atoms with Crippen LogP contribution >= 0.6 is 23.1 Å². The quantitative estimate of drug-likeness (QED) is 0.309. The number of anilines is 1. The van der Waals surface area contributed by atoms with E-state index in [4.69, 9.17) is 9.47 Å². The molecule has 162 valence electrons. The van der Waals surface area contributed by atoms with E-state index in [1.54, 1.807) is 18.8 Å². The van der Waals surface area contributed by atoms with Gasteiger partial charge in [-0.05, 0) is 24.5 Å². The molecule has 0 spiro atoms. The number of hydrogen-bond acceptors (Lipinski definition) is 8. The van der Waals surface area contributed by atoms with Crippen molar-refractivity contribution >= 4 is 40.2 Å². The SMILES string of the molecule is CCCSc1nnc(N2C(=O)N(C)CC2OC(=O)CCOc2ccccc2CC)s1. The van der Waals surface area contributed by atoms with E-state index in [1.807, 2.05) is 24.3 Å². The molecule has 8 nitrogen and oxygen atoms in total. The summed E-state index contributed by atoms with van der Waals surface area (Å²) in [6, 6.07) is 7.49. The van der Waals surface area contributed by atoms with Gasteiger partial charge in [0.15, 0.2) is 4.34 Å². The lowest BCUT2D eigenvalue weighted by atomic mass is 10.1. The Morgan fingerprint density at radius 3 is 2.87 bits per heavy atom. The second-order valence-electron chi connectivity index (χ2n) is 6.74. The number of carbonyl (C=O) groups excluding carboxylic acids is 2. The van der Waals surface area contributed by atoms with Crippen LogP contribution in [-0.4, -0.2) is 59.3 Å². The molecule has 0 bridgehead atoms. The highest BCUT2D eigenvalue weighted by atomic mass is 32.2. The van der Waals surface area contributed by atoms with Gasteiger partial charge in [-0.3, -0.25) is 4.79 Å². The lowest BCUT2D eigenvalue weighted by Crippen LogP contribution is -2.37. The molecule has 1 aromatic carbocycles. The smallest absolute Gasteiger partial charge is 0.329 e. The fourth-order valence-corrected chi connectivity index (χ4v) is 4.74. The molecule has 1 aromatic heterocycles. The summed E-state index contributed by atoms with van der Waals surface area (Å²) in [5.74, 6) is 1.28. The van der Waals surface area contributed by atoms with Crippen LogP contribution in [0.1, 0.15) is 32.3 Å². The Morgan fingerprint density at radius 2 is 2.10 bits per heavy atom. The maximum absolute atomic E-state index is 12.6. The third kappa shape index (κ3) is 5.42. The Morgan fingerprint density at radius 1 is 1.30 bits per heavy atom. The predicted molar refractivity (Wildman–Crippen MR) is 117 cm³/mol. The van der Waals surface area contributed by atoms with Crippen LogP contribution in [0.2, 0.25) is 0 Å². The second kappa shape index (κ2) is 10.6.